The van der Waals surface area contributed by atoms with Crippen molar-refractivity contribution in [2.75, 3.05) is 21.3 Å². The fraction of sp³-hybridized carbons (Fsp3) is 0.167. The molecule has 8 heteroatoms. The van der Waals surface area contributed by atoms with Crippen LogP contribution in [0, 0.1) is 0 Å². The first-order valence-electron chi connectivity index (χ1n) is 9.64. The van der Waals surface area contributed by atoms with Gasteiger partial charge in [0.15, 0.2) is 17.3 Å². The molecule has 0 aliphatic carbocycles. The Balaban J connectivity index is 1.57. The number of rotatable bonds is 7. The van der Waals surface area contributed by atoms with E-state index in [0.717, 1.165) is 4.88 Å². The maximum atomic E-state index is 12.8. The molecule has 0 unspecified atom stereocenters. The van der Waals surface area contributed by atoms with Crippen LogP contribution in [-0.2, 0) is 11.2 Å². The first kappa shape index (κ1) is 21.5. The molecule has 0 fully saturated rings. The number of hydrogen-bond acceptors (Lipinski definition) is 8. The Morgan fingerprint density at radius 3 is 2.53 bits per heavy atom. The number of thiophene rings is 1. The lowest BCUT2D eigenvalue weighted by atomic mass is 10.1. The standard InChI is InChI=1S/C24H20O7S/c1-27-18-9-6-14(23(28-2)24(18)29-3)11-20-22(26)17-8-7-15(12-19(17)31-20)30-21(25)13-16-5-4-10-32-16/h4-12H,13H2,1-3H3/b20-11-. The van der Waals surface area contributed by atoms with Crippen LogP contribution in [0.25, 0.3) is 6.08 Å². The molecule has 164 valence electrons. The molecular weight excluding hydrogens is 432 g/mol. The molecule has 0 amide bonds. The van der Waals surface area contributed by atoms with E-state index in [1.54, 1.807) is 30.3 Å². The monoisotopic (exact) mass is 452 g/mol. The minimum Gasteiger partial charge on any atom is -0.493 e. The highest BCUT2D eigenvalue weighted by molar-refractivity contribution is 7.10. The van der Waals surface area contributed by atoms with Crippen LogP contribution in [0.15, 0.2) is 53.6 Å². The molecule has 1 aromatic heterocycles. The van der Waals surface area contributed by atoms with Crippen LogP contribution in [0.3, 0.4) is 0 Å². The fourth-order valence-corrected chi connectivity index (χ4v) is 4.02. The zero-order chi connectivity index (χ0) is 22.7. The number of benzene rings is 2. The summed E-state index contributed by atoms with van der Waals surface area (Å²) >= 11 is 1.49. The summed E-state index contributed by atoms with van der Waals surface area (Å²) < 4.78 is 27.3. The van der Waals surface area contributed by atoms with Gasteiger partial charge in [0.25, 0.3) is 0 Å². The van der Waals surface area contributed by atoms with Gasteiger partial charge in [0.05, 0.1) is 33.3 Å². The van der Waals surface area contributed by atoms with E-state index in [1.807, 2.05) is 17.5 Å². The van der Waals surface area contributed by atoms with Gasteiger partial charge in [0, 0.05) is 16.5 Å². The van der Waals surface area contributed by atoms with Crippen molar-refractivity contribution >= 4 is 29.2 Å². The first-order valence-corrected chi connectivity index (χ1v) is 10.5. The van der Waals surface area contributed by atoms with Crippen molar-refractivity contribution in [2.24, 2.45) is 0 Å². The second-order valence-electron chi connectivity index (χ2n) is 6.75. The molecule has 0 N–H and O–H groups in total. The molecule has 0 atom stereocenters. The van der Waals surface area contributed by atoms with Crippen LogP contribution in [0.5, 0.6) is 28.7 Å². The highest BCUT2D eigenvalue weighted by Gasteiger charge is 2.29. The predicted octanol–water partition coefficient (Wildman–Crippen LogP) is 4.54. The van der Waals surface area contributed by atoms with Crippen molar-refractivity contribution < 1.29 is 33.3 Å². The number of hydrogen-bond donors (Lipinski definition) is 0. The number of esters is 1. The third-order valence-corrected chi connectivity index (χ3v) is 5.67. The minimum atomic E-state index is -0.387. The minimum absolute atomic E-state index is 0.118. The number of allylic oxidation sites excluding steroid dienone is 1. The molecular formula is C24H20O7S. The summed E-state index contributed by atoms with van der Waals surface area (Å²) in [4.78, 5) is 25.9. The lowest BCUT2D eigenvalue weighted by Gasteiger charge is -2.14. The normalized spacial score (nSPS) is 13.5. The molecule has 1 aliphatic heterocycles. The maximum absolute atomic E-state index is 12.8. The predicted molar refractivity (Wildman–Crippen MR) is 119 cm³/mol. The quantitative estimate of drug-likeness (QED) is 0.296. The third-order valence-electron chi connectivity index (χ3n) is 4.79. The highest BCUT2D eigenvalue weighted by Crippen LogP contribution is 2.42. The van der Waals surface area contributed by atoms with Crippen LogP contribution >= 0.6 is 11.3 Å². The molecule has 0 bridgehead atoms. The summed E-state index contributed by atoms with van der Waals surface area (Å²) in [5, 5.41) is 1.90. The van der Waals surface area contributed by atoms with E-state index in [4.69, 9.17) is 23.7 Å². The lowest BCUT2D eigenvalue weighted by Crippen LogP contribution is -2.10. The molecule has 0 saturated carbocycles. The summed E-state index contributed by atoms with van der Waals surface area (Å²) in [6, 6.07) is 11.9. The Morgan fingerprint density at radius 2 is 1.84 bits per heavy atom. The summed E-state index contributed by atoms with van der Waals surface area (Å²) in [5.74, 6) is 1.40. The summed E-state index contributed by atoms with van der Waals surface area (Å²) in [5.41, 5.74) is 0.970. The largest absolute Gasteiger partial charge is 0.493 e. The molecule has 0 radical (unpaired) electrons. The molecule has 4 rings (SSSR count). The van der Waals surface area contributed by atoms with Gasteiger partial charge >= 0.3 is 5.97 Å². The average molecular weight is 452 g/mol. The lowest BCUT2D eigenvalue weighted by molar-refractivity contribution is -0.133. The van der Waals surface area contributed by atoms with Gasteiger partial charge < -0.3 is 23.7 Å². The van der Waals surface area contributed by atoms with E-state index in [-0.39, 0.29) is 23.9 Å². The van der Waals surface area contributed by atoms with Crippen molar-refractivity contribution in [2.45, 2.75) is 6.42 Å². The molecule has 0 saturated heterocycles. The van der Waals surface area contributed by atoms with Gasteiger partial charge in [0.2, 0.25) is 11.5 Å². The van der Waals surface area contributed by atoms with E-state index >= 15 is 0 Å². The van der Waals surface area contributed by atoms with Gasteiger partial charge in [-0.25, -0.2) is 0 Å². The number of ether oxygens (including phenoxy) is 5. The van der Waals surface area contributed by atoms with Gasteiger partial charge in [-0.2, -0.15) is 0 Å². The van der Waals surface area contributed by atoms with Crippen molar-refractivity contribution in [1.29, 1.82) is 0 Å². The van der Waals surface area contributed by atoms with E-state index in [9.17, 15) is 9.59 Å². The molecule has 2 aromatic carbocycles. The average Bonchev–Trinajstić information content (AvgIpc) is 3.40. The highest BCUT2D eigenvalue weighted by atomic mass is 32.1. The summed E-state index contributed by atoms with van der Waals surface area (Å²) in [6.45, 7) is 0. The number of Topliss-reactive ketones (excluding diaryl/α,β-unsaturated/α-hetero) is 1. The molecule has 7 nitrogen and oxygen atoms in total. The van der Waals surface area contributed by atoms with Crippen molar-refractivity contribution in [3.63, 3.8) is 0 Å². The second kappa shape index (κ2) is 9.15. The Hall–Kier alpha value is -3.78. The van der Waals surface area contributed by atoms with E-state index in [1.165, 1.54) is 38.7 Å². The molecule has 1 aliphatic rings. The zero-order valence-corrected chi connectivity index (χ0v) is 18.5. The van der Waals surface area contributed by atoms with Crippen LogP contribution in [0.2, 0.25) is 0 Å². The van der Waals surface area contributed by atoms with E-state index in [0.29, 0.717) is 39.9 Å². The number of methoxy groups -OCH3 is 3. The summed E-state index contributed by atoms with van der Waals surface area (Å²) in [7, 11) is 4.54. The molecule has 32 heavy (non-hydrogen) atoms. The SMILES string of the molecule is COc1ccc(/C=C2\Oc3cc(OC(=O)Cc4cccs4)ccc3C2=O)c(OC)c1OC. The Bertz CT molecular complexity index is 1200. The van der Waals surface area contributed by atoms with Crippen LogP contribution in [-0.4, -0.2) is 33.1 Å². The van der Waals surface area contributed by atoms with E-state index < -0.39 is 0 Å². The number of fused-ring (bicyclic) bond motifs is 1. The Labute approximate surface area is 188 Å². The molecule has 2 heterocycles. The Morgan fingerprint density at radius 1 is 1.03 bits per heavy atom. The van der Waals surface area contributed by atoms with Crippen molar-refractivity contribution in [3.05, 3.63) is 69.6 Å². The van der Waals surface area contributed by atoms with Gasteiger partial charge in [0.1, 0.15) is 11.5 Å². The van der Waals surface area contributed by atoms with Crippen LogP contribution in [0.1, 0.15) is 20.8 Å². The smallest absolute Gasteiger partial charge is 0.316 e. The van der Waals surface area contributed by atoms with Crippen LogP contribution < -0.4 is 23.7 Å². The number of carbonyl (C=O) groups excluding carboxylic acids is 2. The number of carbonyl (C=O) groups is 2. The van der Waals surface area contributed by atoms with Gasteiger partial charge in [-0.3, -0.25) is 9.59 Å². The van der Waals surface area contributed by atoms with Crippen LogP contribution in [0.4, 0.5) is 0 Å². The number of ketones is 1. The fourth-order valence-electron chi connectivity index (χ4n) is 3.33. The van der Waals surface area contributed by atoms with Crippen molar-refractivity contribution in [1.82, 2.24) is 0 Å². The third kappa shape index (κ3) is 4.17. The molecule has 0 spiro atoms. The zero-order valence-electron chi connectivity index (χ0n) is 17.7. The summed E-state index contributed by atoms with van der Waals surface area (Å²) in [6.07, 6.45) is 1.75. The Kier molecular flexibility index (Phi) is 6.13. The van der Waals surface area contributed by atoms with E-state index in [2.05, 4.69) is 0 Å². The van der Waals surface area contributed by atoms with Crippen molar-refractivity contribution in [3.8, 4) is 28.7 Å². The van der Waals surface area contributed by atoms with Gasteiger partial charge in [-0.15, -0.1) is 11.3 Å². The van der Waals surface area contributed by atoms with Gasteiger partial charge in [-0.1, -0.05) is 6.07 Å². The van der Waals surface area contributed by atoms with Gasteiger partial charge in [-0.05, 0) is 41.8 Å². The second-order valence-corrected chi connectivity index (χ2v) is 7.78. The maximum Gasteiger partial charge on any atom is 0.316 e. The first-order chi connectivity index (χ1) is 15.5. The topological polar surface area (TPSA) is 80.3 Å². The molecule has 3 aromatic rings.